The standard InChI is InChI=1S/C13H20N2O/c1-16-12-6-4-11(5-7-12)13(8-14)15-9-10-2-3-10/h4-7,10,13,15H,2-3,8-9,14H2,1H3. The van der Waals surface area contributed by atoms with Gasteiger partial charge >= 0.3 is 0 Å². The Morgan fingerprint density at radius 1 is 1.38 bits per heavy atom. The molecule has 1 aliphatic rings. The van der Waals surface area contributed by atoms with Gasteiger partial charge in [0.15, 0.2) is 0 Å². The van der Waals surface area contributed by atoms with Crippen LogP contribution in [0.25, 0.3) is 0 Å². The summed E-state index contributed by atoms with van der Waals surface area (Å²) in [5.41, 5.74) is 7.03. The first-order valence-corrected chi connectivity index (χ1v) is 5.91. The number of nitrogens with two attached hydrogens (primary N) is 1. The van der Waals surface area contributed by atoms with E-state index in [1.807, 2.05) is 12.1 Å². The Bertz CT molecular complexity index is 319. The monoisotopic (exact) mass is 220 g/mol. The topological polar surface area (TPSA) is 47.3 Å². The molecule has 0 aromatic heterocycles. The molecule has 1 unspecified atom stereocenters. The van der Waals surface area contributed by atoms with Crippen molar-refractivity contribution in [2.75, 3.05) is 20.2 Å². The molecule has 3 nitrogen and oxygen atoms in total. The fraction of sp³-hybridized carbons (Fsp3) is 0.538. The SMILES string of the molecule is COc1ccc(C(CN)NCC2CC2)cc1. The minimum Gasteiger partial charge on any atom is -0.497 e. The van der Waals surface area contributed by atoms with Gasteiger partial charge in [-0.15, -0.1) is 0 Å². The molecule has 1 aromatic rings. The zero-order valence-corrected chi connectivity index (χ0v) is 9.78. The predicted octanol–water partition coefficient (Wildman–Crippen LogP) is 1.69. The van der Waals surface area contributed by atoms with E-state index in [1.165, 1.54) is 18.4 Å². The summed E-state index contributed by atoms with van der Waals surface area (Å²) in [4.78, 5) is 0. The van der Waals surface area contributed by atoms with Crippen LogP contribution in [0, 0.1) is 5.92 Å². The van der Waals surface area contributed by atoms with E-state index in [0.717, 1.165) is 18.2 Å². The predicted molar refractivity (Wildman–Crippen MR) is 65.5 cm³/mol. The molecule has 0 radical (unpaired) electrons. The smallest absolute Gasteiger partial charge is 0.118 e. The van der Waals surface area contributed by atoms with Crippen molar-refractivity contribution in [3.63, 3.8) is 0 Å². The van der Waals surface area contributed by atoms with Crippen LogP contribution in [0.1, 0.15) is 24.4 Å². The summed E-state index contributed by atoms with van der Waals surface area (Å²) < 4.78 is 5.14. The molecule has 0 amide bonds. The van der Waals surface area contributed by atoms with E-state index < -0.39 is 0 Å². The molecule has 88 valence electrons. The first kappa shape index (κ1) is 11.4. The summed E-state index contributed by atoms with van der Waals surface area (Å²) in [6, 6.07) is 8.40. The molecule has 2 rings (SSSR count). The Labute approximate surface area is 97.0 Å². The second-order valence-electron chi connectivity index (χ2n) is 4.41. The molecule has 3 N–H and O–H groups in total. The van der Waals surface area contributed by atoms with Crippen LogP contribution in [0.15, 0.2) is 24.3 Å². The van der Waals surface area contributed by atoms with E-state index in [4.69, 9.17) is 10.5 Å². The first-order valence-electron chi connectivity index (χ1n) is 5.91. The highest BCUT2D eigenvalue weighted by atomic mass is 16.5. The minimum absolute atomic E-state index is 0.270. The summed E-state index contributed by atoms with van der Waals surface area (Å²) in [5, 5.41) is 3.52. The highest BCUT2D eigenvalue weighted by molar-refractivity contribution is 5.29. The molecule has 0 aliphatic heterocycles. The van der Waals surface area contributed by atoms with Crippen LogP contribution >= 0.6 is 0 Å². The lowest BCUT2D eigenvalue weighted by molar-refractivity contribution is 0.414. The van der Waals surface area contributed by atoms with Gasteiger partial charge in [0, 0.05) is 12.6 Å². The number of hydrogen-bond acceptors (Lipinski definition) is 3. The van der Waals surface area contributed by atoms with Gasteiger partial charge in [0.05, 0.1) is 7.11 Å². The number of methoxy groups -OCH3 is 1. The van der Waals surface area contributed by atoms with Gasteiger partial charge in [0.2, 0.25) is 0 Å². The maximum Gasteiger partial charge on any atom is 0.118 e. The van der Waals surface area contributed by atoms with Crippen molar-refractivity contribution in [3.05, 3.63) is 29.8 Å². The molecule has 1 aliphatic carbocycles. The van der Waals surface area contributed by atoms with E-state index in [1.54, 1.807) is 7.11 Å². The molecular weight excluding hydrogens is 200 g/mol. The van der Waals surface area contributed by atoms with Gasteiger partial charge < -0.3 is 15.8 Å². The molecule has 1 fully saturated rings. The number of nitrogens with one attached hydrogen (secondary N) is 1. The Hall–Kier alpha value is -1.06. The van der Waals surface area contributed by atoms with Crippen molar-refractivity contribution in [1.82, 2.24) is 5.32 Å². The van der Waals surface area contributed by atoms with Crippen LogP contribution in [-0.2, 0) is 0 Å². The lowest BCUT2D eigenvalue weighted by Gasteiger charge is -2.17. The highest BCUT2D eigenvalue weighted by Gasteiger charge is 2.22. The molecule has 1 saturated carbocycles. The summed E-state index contributed by atoms with van der Waals surface area (Å²) in [6.07, 6.45) is 2.74. The third-order valence-corrected chi connectivity index (χ3v) is 3.10. The van der Waals surface area contributed by atoms with Gasteiger partial charge in [-0.25, -0.2) is 0 Å². The van der Waals surface area contributed by atoms with Crippen LogP contribution in [0.2, 0.25) is 0 Å². The zero-order chi connectivity index (χ0) is 11.4. The van der Waals surface area contributed by atoms with Crippen molar-refractivity contribution in [2.45, 2.75) is 18.9 Å². The number of ether oxygens (including phenoxy) is 1. The maximum absolute atomic E-state index is 5.79. The number of hydrogen-bond donors (Lipinski definition) is 2. The van der Waals surface area contributed by atoms with Gasteiger partial charge in [0.25, 0.3) is 0 Å². The number of rotatable bonds is 6. The summed E-state index contributed by atoms with van der Waals surface area (Å²) in [6.45, 7) is 1.73. The Kier molecular flexibility index (Phi) is 3.80. The molecule has 1 aromatic carbocycles. The average Bonchev–Trinajstić information content (AvgIpc) is 3.15. The van der Waals surface area contributed by atoms with Gasteiger partial charge in [-0.3, -0.25) is 0 Å². The summed E-state index contributed by atoms with van der Waals surface area (Å²) in [7, 11) is 1.68. The quantitative estimate of drug-likeness (QED) is 0.767. The Morgan fingerprint density at radius 3 is 2.56 bits per heavy atom. The molecular formula is C13H20N2O. The second-order valence-corrected chi connectivity index (χ2v) is 4.41. The molecule has 0 bridgehead atoms. The first-order chi connectivity index (χ1) is 7.83. The van der Waals surface area contributed by atoms with Crippen molar-refractivity contribution in [3.8, 4) is 5.75 Å². The normalized spacial score (nSPS) is 17.1. The van der Waals surface area contributed by atoms with E-state index in [-0.39, 0.29) is 6.04 Å². The van der Waals surface area contributed by atoms with Gasteiger partial charge in [-0.05, 0) is 43.0 Å². The van der Waals surface area contributed by atoms with Gasteiger partial charge in [-0.2, -0.15) is 0 Å². The van der Waals surface area contributed by atoms with Crippen LogP contribution in [0.4, 0.5) is 0 Å². The largest absolute Gasteiger partial charge is 0.497 e. The van der Waals surface area contributed by atoms with Crippen LogP contribution < -0.4 is 15.8 Å². The average molecular weight is 220 g/mol. The summed E-state index contributed by atoms with van der Waals surface area (Å²) in [5.74, 6) is 1.77. The highest BCUT2D eigenvalue weighted by Crippen LogP contribution is 2.28. The minimum atomic E-state index is 0.270. The third kappa shape index (κ3) is 2.97. The lowest BCUT2D eigenvalue weighted by atomic mass is 10.1. The number of benzene rings is 1. The van der Waals surface area contributed by atoms with E-state index >= 15 is 0 Å². The van der Waals surface area contributed by atoms with Crippen molar-refractivity contribution in [1.29, 1.82) is 0 Å². The molecule has 0 spiro atoms. The maximum atomic E-state index is 5.79. The van der Waals surface area contributed by atoms with Crippen molar-refractivity contribution < 1.29 is 4.74 Å². The van der Waals surface area contributed by atoms with E-state index in [0.29, 0.717) is 6.54 Å². The van der Waals surface area contributed by atoms with E-state index in [2.05, 4.69) is 17.4 Å². The fourth-order valence-corrected chi connectivity index (χ4v) is 1.80. The zero-order valence-electron chi connectivity index (χ0n) is 9.78. The van der Waals surface area contributed by atoms with Gasteiger partial charge in [-0.1, -0.05) is 12.1 Å². The van der Waals surface area contributed by atoms with Crippen LogP contribution in [-0.4, -0.2) is 20.2 Å². The molecule has 3 heteroatoms. The van der Waals surface area contributed by atoms with Crippen molar-refractivity contribution in [2.24, 2.45) is 11.7 Å². The fourth-order valence-electron chi connectivity index (χ4n) is 1.80. The summed E-state index contributed by atoms with van der Waals surface area (Å²) >= 11 is 0. The molecule has 16 heavy (non-hydrogen) atoms. The Morgan fingerprint density at radius 2 is 2.06 bits per heavy atom. The Balaban J connectivity index is 1.94. The van der Waals surface area contributed by atoms with Crippen molar-refractivity contribution >= 4 is 0 Å². The van der Waals surface area contributed by atoms with Crippen LogP contribution in [0.5, 0.6) is 5.75 Å². The molecule has 0 saturated heterocycles. The second kappa shape index (κ2) is 5.32. The lowest BCUT2D eigenvalue weighted by Crippen LogP contribution is -2.29. The molecule has 1 atom stereocenters. The van der Waals surface area contributed by atoms with Gasteiger partial charge in [0.1, 0.15) is 5.75 Å². The molecule has 0 heterocycles. The van der Waals surface area contributed by atoms with Crippen LogP contribution in [0.3, 0.4) is 0 Å². The third-order valence-electron chi connectivity index (χ3n) is 3.10. The van der Waals surface area contributed by atoms with E-state index in [9.17, 15) is 0 Å².